The van der Waals surface area contributed by atoms with Crippen molar-refractivity contribution in [1.82, 2.24) is 15.2 Å². The van der Waals surface area contributed by atoms with Crippen LogP contribution in [0.5, 0.6) is 0 Å². The van der Waals surface area contributed by atoms with Crippen LogP contribution in [-0.2, 0) is 27.1 Å². The molecular formula is C16H23N3O4S. The molecule has 0 aliphatic heterocycles. The third-order valence-electron chi connectivity index (χ3n) is 3.69. The fourth-order valence-electron chi connectivity index (χ4n) is 2.13. The van der Waals surface area contributed by atoms with Crippen LogP contribution >= 0.6 is 11.3 Å². The second-order valence-corrected chi connectivity index (χ2v) is 7.70. The molecule has 0 fully saturated rings. The molecule has 7 nitrogen and oxygen atoms in total. The summed E-state index contributed by atoms with van der Waals surface area (Å²) >= 11 is 1.44. The summed E-state index contributed by atoms with van der Waals surface area (Å²) in [5, 5.41) is 10.7. The van der Waals surface area contributed by atoms with Crippen LogP contribution in [0.4, 0.5) is 0 Å². The lowest BCUT2D eigenvalue weighted by molar-refractivity contribution is -0.150. The first-order valence-corrected chi connectivity index (χ1v) is 8.45. The Morgan fingerprint density at radius 1 is 1.21 bits per heavy atom. The van der Waals surface area contributed by atoms with Gasteiger partial charge in [0.2, 0.25) is 5.89 Å². The zero-order valence-electron chi connectivity index (χ0n) is 14.9. The van der Waals surface area contributed by atoms with Gasteiger partial charge in [0.1, 0.15) is 0 Å². The first-order valence-electron chi connectivity index (χ1n) is 7.57. The van der Waals surface area contributed by atoms with Crippen LogP contribution in [0.25, 0.3) is 10.9 Å². The van der Waals surface area contributed by atoms with E-state index in [1.165, 1.54) is 18.4 Å². The molecule has 2 aromatic heterocycles. The molecule has 8 heteroatoms. The van der Waals surface area contributed by atoms with Crippen LogP contribution in [-0.4, -0.2) is 41.0 Å². The lowest BCUT2D eigenvalue weighted by Crippen LogP contribution is -2.28. The number of thiazole rings is 1. The molecule has 132 valence electrons. The zero-order valence-corrected chi connectivity index (χ0v) is 15.7. The molecule has 0 bridgehead atoms. The summed E-state index contributed by atoms with van der Waals surface area (Å²) in [6.45, 7) is 7.56. The topological polar surface area (TPSA) is 87.3 Å². The van der Waals surface area contributed by atoms with Crippen molar-refractivity contribution in [2.24, 2.45) is 5.41 Å². The second kappa shape index (κ2) is 6.98. The standard InChI is InChI=1S/C16H23N3O4S/c1-15(2,14(20)21-5)8-11-18-19-12(23-11)13-17-10(9-24-13)7-16(3,4)22-6/h9H,7-8H2,1-6H3. The third kappa shape index (κ3) is 4.39. The number of esters is 1. The quantitative estimate of drug-likeness (QED) is 0.707. The zero-order chi connectivity index (χ0) is 18.0. The molecule has 0 unspecified atom stereocenters. The van der Waals surface area contributed by atoms with Crippen molar-refractivity contribution in [3.63, 3.8) is 0 Å². The molecule has 0 saturated carbocycles. The van der Waals surface area contributed by atoms with Crippen molar-refractivity contribution >= 4 is 17.3 Å². The number of hydrogen-bond acceptors (Lipinski definition) is 8. The van der Waals surface area contributed by atoms with Crippen LogP contribution in [0, 0.1) is 5.41 Å². The highest BCUT2D eigenvalue weighted by Gasteiger charge is 2.31. The van der Waals surface area contributed by atoms with Gasteiger partial charge >= 0.3 is 5.97 Å². The summed E-state index contributed by atoms with van der Waals surface area (Å²) in [5.41, 5.74) is -0.0955. The number of aromatic nitrogens is 3. The molecule has 0 radical (unpaired) electrons. The summed E-state index contributed by atoms with van der Waals surface area (Å²) in [4.78, 5) is 16.3. The van der Waals surface area contributed by atoms with E-state index in [0.717, 1.165) is 5.69 Å². The van der Waals surface area contributed by atoms with Gasteiger partial charge in [0.15, 0.2) is 5.01 Å². The Hall–Kier alpha value is -1.80. The van der Waals surface area contributed by atoms with Gasteiger partial charge in [-0.1, -0.05) is 0 Å². The van der Waals surface area contributed by atoms with E-state index in [2.05, 4.69) is 15.2 Å². The van der Waals surface area contributed by atoms with E-state index in [-0.39, 0.29) is 11.6 Å². The lowest BCUT2D eigenvalue weighted by atomic mass is 9.89. The molecular weight excluding hydrogens is 330 g/mol. The summed E-state index contributed by atoms with van der Waals surface area (Å²) in [5.74, 6) is 0.423. The van der Waals surface area contributed by atoms with Crippen molar-refractivity contribution in [2.75, 3.05) is 14.2 Å². The summed E-state index contributed by atoms with van der Waals surface area (Å²) < 4.78 is 15.9. The molecule has 0 N–H and O–H groups in total. The number of carbonyl (C=O) groups excluding carboxylic acids is 1. The lowest BCUT2D eigenvalue weighted by Gasteiger charge is -2.21. The predicted molar refractivity (Wildman–Crippen MR) is 89.7 cm³/mol. The fraction of sp³-hybridized carbons (Fsp3) is 0.625. The molecule has 0 aliphatic carbocycles. The summed E-state index contributed by atoms with van der Waals surface area (Å²) in [6.07, 6.45) is 0.998. The van der Waals surface area contributed by atoms with Crippen LogP contribution in [0.2, 0.25) is 0 Å². The molecule has 2 heterocycles. The Morgan fingerprint density at radius 3 is 2.54 bits per heavy atom. The average molecular weight is 353 g/mol. The number of methoxy groups -OCH3 is 2. The van der Waals surface area contributed by atoms with Gasteiger partial charge in [-0.2, -0.15) is 0 Å². The summed E-state index contributed by atoms with van der Waals surface area (Å²) in [6, 6.07) is 0. The minimum atomic E-state index is -0.727. The van der Waals surface area contributed by atoms with Crippen molar-refractivity contribution in [3.8, 4) is 10.9 Å². The van der Waals surface area contributed by atoms with E-state index < -0.39 is 5.41 Å². The number of ether oxygens (including phenoxy) is 2. The van der Waals surface area contributed by atoms with Crippen LogP contribution in [0.15, 0.2) is 9.80 Å². The van der Waals surface area contributed by atoms with Gasteiger partial charge in [0.25, 0.3) is 5.89 Å². The summed E-state index contributed by atoms with van der Waals surface area (Å²) in [7, 11) is 3.04. The van der Waals surface area contributed by atoms with Gasteiger partial charge in [-0.3, -0.25) is 4.79 Å². The van der Waals surface area contributed by atoms with Gasteiger partial charge < -0.3 is 13.9 Å². The maximum absolute atomic E-state index is 11.7. The highest BCUT2D eigenvalue weighted by atomic mass is 32.1. The maximum Gasteiger partial charge on any atom is 0.311 e. The van der Waals surface area contributed by atoms with Gasteiger partial charge in [0.05, 0.1) is 23.8 Å². The second-order valence-electron chi connectivity index (χ2n) is 6.84. The Labute approximate surface area is 145 Å². The molecule has 0 aromatic carbocycles. The predicted octanol–water partition coefficient (Wildman–Crippen LogP) is 2.90. The molecule has 2 aromatic rings. The first-order chi connectivity index (χ1) is 11.2. The SMILES string of the molecule is COC(=O)C(C)(C)Cc1nnc(-c2nc(CC(C)(C)OC)cs2)o1. The Morgan fingerprint density at radius 2 is 1.92 bits per heavy atom. The first kappa shape index (κ1) is 18.5. The smallest absolute Gasteiger partial charge is 0.311 e. The molecule has 0 atom stereocenters. The maximum atomic E-state index is 11.7. The van der Waals surface area contributed by atoms with Crippen molar-refractivity contribution in [2.45, 2.75) is 46.1 Å². The average Bonchev–Trinajstić information content (AvgIpc) is 3.14. The minimum absolute atomic E-state index is 0.282. The van der Waals surface area contributed by atoms with Gasteiger partial charge in [-0.15, -0.1) is 21.5 Å². The van der Waals surface area contributed by atoms with E-state index in [9.17, 15) is 4.79 Å². The molecule has 0 amide bonds. The van der Waals surface area contributed by atoms with Crippen molar-refractivity contribution in [3.05, 3.63) is 17.0 Å². The largest absolute Gasteiger partial charge is 0.469 e. The highest BCUT2D eigenvalue weighted by Crippen LogP contribution is 2.28. The molecule has 0 saturated heterocycles. The molecule has 0 aliphatic rings. The van der Waals surface area contributed by atoms with E-state index >= 15 is 0 Å². The van der Waals surface area contributed by atoms with Gasteiger partial charge in [0, 0.05) is 25.3 Å². The molecule has 0 spiro atoms. The Kier molecular flexibility index (Phi) is 5.39. The van der Waals surface area contributed by atoms with E-state index in [1.54, 1.807) is 21.0 Å². The fourth-order valence-corrected chi connectivity index (χ4v) is 2.87. The highest BCUT2D eigenvalue weighted by molar-refractivity contribution is 7.13. The van der Waals surface area contributed by atoms with E-state index in [0.29, 0.717) is 29.6 Å². The normalized spacial score (nSPS) is 12.4. The van der Waals surface area contributed by atoms with Gasteiger partial charge in [-0.25, -0.2) is 4.98 Å². The van der Waals surface area contributed by atoms with Crippen LogP contribution < -0.4 is 0 Å². The Balaban J connectivity index is 2.11. The number of nitrogens with zero attached hydrogens (tertiary/aromatic N) is 3. The van der Waals surface area contributed by atoms with Crippen LogP contribution in [0.3, 0.4) is 0 Å². The number of rotatable bonds is 7. The number of hydrogen-bond donors (Lipinski definition) is 0. The van der Waals surface area contributed by atoms with E-state index in [1.807, 2.05) is 19.2 Å². The van der Waals surface area contributed by atoms with Gasteiger partial charge in [-0.05, 0) is 27.7 Å². The van der Waals surface area contributed by atoms with E-state index in [4.69, 9.17) is 13.9 Å². The number of carbonyl (C=O) groups is 1. The third-order valence-corrected chi connectivity index (χ3v) is 4.57. The minimum Gasteiger partial charge on any atom is -0.469 e. The van der Waals surface area contributed by atoms with Crippen LogP contribution in [0.1, 0.15) is 39.3 Å². The Bertz CT molecular complexity index is 706. The van der Waals surface area contributed by atoms with Crippen molar-refractivity contribution in [1.29, 1.82) is 0 Å². The molecule has 2 rings (SSSR count). The molecule has 24 heavy (non-hydrogen) atoms. The monoisotopic (exact) mass is 353 g/mol. The van der Waals surface area contributed by atoms with Crippen molar-refractivity contribution < 1.29 is 18.7 Å².